The van der Waals surface area contributed by atoms with Gasteiger partial charge < -0.3 is 14.5 Å². The molecule has 2 fully saturated rings. The summed E-state index contributed by atoms with van der Waals surface area (Å²) in [7, 11) is 3.34. The van der Waals surface area contributed by atoms with Crippen LogP contribution >= 0.6 is 0 Å². The Morgan fingerprint density at radius 1 is 1.10 bits per heavy atom. The number of hydrogen-bond acceptors (Lipinski definition) is 5. The molecule has 0 saturated carbocycles. The third-order valence-corrected chi connectivity index (χ3v) is 5.52. The number of ether oxygens (including phenoxy) is 1. The van der Waals surface area contributed by atoms with Crippen LogP contribution < -0.4 is 4.90 Å². The number of hydrogen-bond donors (Lipinski definition) is 0. The number of carbonyl (C=O) groups excluding carboxylic acids is 3. The number of aromatic nitrogens is 1. The third-order valence-electron chi connectivity index (χ3n) is 5.52. The highest BCUT2D eigenvalue weighted by atomic mass is 16.6. The van der Waals surface area contributed by atoms with E-state index < -0.39 is 11.0 Å². The van der Waals surface area contributed by atoms with Gasteiger partial charge in [-0.15, -0.1) is 0 Å². The second kappa shape index (κ2) is 7.65. The Hall–Kier alpha value is -2.64. The molecule has 3 amide bonds. The number of piperidine rings is 1. The van der Waals surface area contributed by atoms with Crippen LogP contribution in [0.3, 0.4) is 0 Å². The van der Waals surface area contributed by atoms with Crippen LogP contribution in [0.15, 0.2) is 18.2 Å². The maximum atomic E-state index is 13.3. The predicted octanol–water partition coefficient (Wildman–Crippen LogP) is 2.54. The molecule has 3 rings (SSSR count). The lowest BCUT2D eigenvalue weighted by molar-refractivity contribution is -0.128. The van der Waals surface area contributed by atoms with E-state index in [1.165, 1.54) is 4.90 Å². The maximum absolute atomic E-state index is 13.3. The van der Waals surface area contributed by atoms with E-state index in [9.17, 15) is 14.4 Å². The van der Waals surface area contributed by atoms with Gasteiger partial charge in [0.05, 0.1) is 5.41 Å². The summed E-state index contributed by atoms with van der Waals surface area (Å²) in [4.78, 5) is 47.0. The number of carbonyl (C=O) groups is 3. The quantitative estimate of drug-likeness (QED) is 0.759. The molecule has 158 valence electrons. The lowest BCUT2D eigenvalue weighted by Gasteiger charge is -2.38. The minimum absolute atomic E-state index is 0.0308. The van der Waals surface area contributed by atoms with E-state index >= 15 is 0 Å². The largest absolute Gasteiger partial charge is 0.444 e. The van der Waals surface area contributed by atoms with Crippen LogP contribution in [0.1, 0.15) is 50.5 Å². The standard InChI is InChI=1S/C21H30N4O4/c1-20(2,3)29-19(28)24-12-9-21(10-13-24)11-14-25(18(21)27)16-8-6-7-15(22-16)17(26)23(4)5/h6-8H,9-14H2,1-5H3. The fraction of sp³-hybridized carbons (Fsp3) is 0.619. The number of rotatable bonds is 2. The van der Waals surface area contributed by atoms with Crippen molar-refractivity contribution in [1.29, 1.82) is 0 Å². The van der Waals surface area contributed by atoms with E-state index in [4.69, 9.17) is 4.74 Å². The van der Waals surface area contributed by atoms with Gasteiger partial charge in [-0.3, -0.25) is 14.5 Å². The summed E-state index contributed by atoms with van der Waals surface area (Å²) in [6, 6.07) is 5.17. The Bertz CT molecular complexity index is 807. The molecule has 8 heteroatoms. The fourth-order valence-electron chi connectivity index (χ4n) is 3.87. The van der Waals surface area contributed by atoms with Gasteiger partial charge in [0, 0.05) is 33.7 Å². The van der Waals surface area contributed by atoms with Crippen LogP contribution in [0.25, 0.3) is 0 Å². The van der Waals surface area contributed by atoms with Crippen LogP contribution in [-0.4, -0.2) is 72.0 Å². The number of amides is 3. The second-order valence-electron chi connectivity index (χ2n) is 9.04. The van der Waals surface area contributed by atoms with Crippen molar-refractivity contribution < 1.29 is 19.1 Å². The van der Waals surface area contributed by atoms with Crippen molar-refractivity contribution >= 4 is 23.7 Å². The summed E-state index contributed by atoms with van der Waals surface area (Å²) in [5.74, 6) is 0.344. The Balaban J connectivity index is 1.69. The predicted molar refractivity (Wildman–Crippen MR) is 109 cm³/mol. The zero-order chi connectivity index (χ0) is 21.4. The SMILES string of the molecule is CN(C)C(=O)c1cccc(N2CCC3(CCN(C(=O)OC(C)(C)C)CC3)C2=O)n1. The summed E-state index contributed by atoms with van der Waals surface area (Å²) in [5.41, 5.74) is -0.685. The molecule has 2 saturated heterocycles. The molecule has 0 bridgehead atoms. The molecule has 1 aromatic rings. The highest BCUT2D eigenvalue weighted by molar-refractivity contribution is 6.00. The number of likely N-dealkylation sites (tertiary alicyclic amines) is 1. The molecule has 3 heterocycles. The van der Waals surface area contributed by atoms with Crippen molar-refractivity contribution in [2.45, 2.75) is 45.6 Å². The van der Waals surface area contributed by atoms with Crippen molar-refractivity contribution in [3.63, 3.8) is 0 Å². The third kappa shape index (κ3) is 4.36. The average molecular weight is 402 g/mol. The molecule has 2 aliphatic heterocycles. The Morgan fingerprint density at radius 3 is 2.31 bits per heavy atom. The zero-order valence-corrected chi connectivity index (χ0v) is 17.9. The van der Waals surface area contributed by atoms with Gasteiger partial charge in [-0.25, -0.2) is 9.78 Å². The van der Waals surface area contributed by atoms with Crippen molar-refractivity contribution in [2.24, 2.45) is 5.41 Å². The fourth-order valence-corrected chi connectivity index (χ4v) is 3.87. The molecule has 1 spiro atoms. The summed E-state index contributed by atoms with van der Waals surface area (Å²) < 4.78 is 5.45. The van der Waals surface area contributed by atoms with E-state index in [1.807, 2.05) is 20.8 Å². The summed E-state index contributed by atoms with van der Waals surface area (Å²) in [5, 5.41) is 0. The van der Waals surface area contributed by atoms with Crippen molar-refractivity contribution in [3.8, 4) is 0 Å². The van der Waals surface area contributed by atoms with Gasteiger partial charge >= 0.3 is 6.09 Å². The smallest absolute Gasteiger partial charge is 0.410 e. The summed E-state index contributed by atoms with van der Waals surface area (Å²) >= 11 is 0. The average Bonchev–Trinajstić information content (AvgIpc) is 2.96. The van der Waals surface area contributed by atoms with Crippen LogP contribution in [-0.2, 0) is 9.53 Å². The first-order valence-corrected chi connectivity index (χ1v) is 10.0. The van der Waals surface area contributed by atoms with Crippen LogP contribution in [0.2, 0.25) is 0 Å². The first-order chi connectivity index (χ1) is 13.5. The van der Waals surface area contributed by atoms with Crippen molar-refractivity contribution in [2.75, 3.05) is 38.6 Å². The van der Waals surface area contributed by atoms with E-state index in [2.05, 4.69) is 4.98 Å². The molecular weight excluding hydrogens is 372 g/mol. The van der Waals surface area contributed by atoms with Crippen LogP contribution in [0, 0.1) is 5.41 Å². The van der Waals surface area contributed by atoms with Crippen LogP contribution in [0.4, 0.5) is 10.6 Å². The van der Waals surface area contributed by atoms with E-state index in [-0.39, 0.29) is 17.9 Å². The molecule has 0 atom stereocenters. The van der Waals surface area contributed by atoms with Crippen molar-refractivity contribution in [1.82, 2.24) is 14.8 Å². The molecule has 0 N–H and O–H groups in total. The maximum Gasteiger partial charge on any atom is 0.410 e. The summed E-state index contributed by atoms with van der Waals surface area (Å²) in [6.45, 7) is 7.10. The normalized spacial score (nSPS) is 18.9. The summed E-state index contributed by atoms with van der Waals surface area (Å²) in [6.07, 6.45) is 1.61. The topological polar surface area (TPSA) is 83.0 Å². The van der Waals surface area contributed by atoms with Crippen LogP contribution in [0.5, 0.6) is 0 Å². The minimum atomic E-state index is -0.535. The molecular formula is C21H30N4O4. The van der Waals surface area contributed by atoms with Gasteiger partial charge in [-0.1, -0.05) is 6.07 Å². The first kappa shape index (κ1) is 21.1. The lowest BCUT2D eigenvalue weighted by Crippen LogP contribution is -2.48. The lowest BCUT2D eigenvalue weighted by atomic mass is 9.77. The van der Waals surface area contributed by atoms with Gasteiger partial charge in [0.1, 0.15) is 17.1 Å². The molecule has 2 aliphatic rings. The number of anilines is 1. The van der Waals surface area contributed by atoms with E-state index in [1.54, 1.807) is 42.1 Å². The zero-order valence-electron chi connectivity index (χ0n) is 17.9. The Labute approximate surface area is 171 Å². The van der Waals surface area contributed by atoms with Gasteiger partial charge in [-0.05, 0) is 52.2 Å². The van der Waals surface area contributed by atoms with Crippen molar-refractivity contribution in [3.05, 3.63) is 23.9 Å². The van der Waals surface area contributed by atoms with Gasteiger partial charge in [-0.2, -0.15) is 0 Å². The van der Waals surface area contributed by atoms with E-state index in [0.29, 0.717) is 44.0 Å². The highest BCUT2D eigenvalue weighted by Gasteiger charge is 2.49. The second-order valence-corrected chi connectivity index (χ2v) is 9.04. The van der Waals surface area contributed by atoms with Gasteiger partial charge in [0.2, 0.25) is 5.91 Å². The Kier molecular flexibility index (Phi) is 5.56. The Morgan fingerprint density at radius 2 is 1.72 bits per heavy atom. The molecule has 0 unspecified atom stereocenters. The van der Waals surface area contributed by atoms with E-state index in [0.717, 1.165) is 6.42 Å². The number of nitrogens with zero attached hydrogens (tertiary/aromatic N) is 4. The molecule has 0 radical (unpaired) electrons. The van der Waals surface area contributed by atoms with Gasteiger partial charge in [0.25, 0.3) is 5.91 Å². The first-order valence-electron chi connectivity index (χ1n) is 10.0. The molecule has 0 aromatic carbocycles. The molecule has 1 aromatic heterocycles. The molecule has 29 heavy (non-hydrogen) atoms. The van der Waals surface area contributed by atoms with Gasteiger partial charge in [0.15, 0.2) is 0 Å². The number of pyridine rings is 1. The highest BCUT2D eigenvalue weighted by Crippen LogP contribution is 2.43. The minimum Gasteiger partial charge on any atom is -0.444 e. The monoisotopic (exact) mass is 402 g/mol. The molecule has 0 aliphatic carbocycles. The molecule has 8 nitrogen and oxygen atoms in total.